The monoisotopic (exact) mass is 414 g/mol. The van der Waals surface area contributed by atoms with E-state index in [-0.39, 0.29) is 6.61 Å². The summed E-state index contributed by atoms with van der Waals surface area (Å²) in [5, 5.41) is 10.3. The molecule has 0 aliphatic carbocycles. The number of aromatic amines is 1. The van der Waals surface area contributed by atoms with E-state index in [1.165, 1.54) is 18.4 Å². The van der Waals surface area contributed by atoms with Gasteiger partial charge < -0.3 is 24.5 Å². The van der Waals surface area contributed by atoms with Crippen LogP contribution < -0.4 is 9.47 Å². The van der Waals surface area contributed by atoms with Crippen molar-refractivity contribution in [2.45, 2.75) is 44.2 Å². The van der Waals surface area contributed by atoms with Crippen LogP contribution in [0.4, 0.5) is 0 Å². The van der Waals surface area contributed by atoms with E-state index in [1.54, 1.807) is 7.11 Å². The van der Waals surface area contributed by atoms with Crippen molar-refractivity contribution in [3.8, 4) is 11.5 Å². The fourth-order valence-electron chi connectivity index (χ4n) is 4.56. The maximum absolute atomic E-state index is 10.3. The second-order valence-corrected chi connectivity index (χ2v) is 8.48. The van der Waals surface area contributed by atoms with Crippen LogP contribution >= 0.6 is 0 Å². The smallest absolute Gasteiger partial charge is 0.161 e. The predicted molar refractivity (Wildman–Crippen MR) is 116 cm³/mol. The lowest BCUT2D eigenvalue weighted by Gasteiger charge is -2.31. The summed E-state index contributed by atoms with van der Waals surface area (Å²) >= 11 is 0. The second-order valence-electron chi connectivity index (χ2n) is 8.48. The summed E-state index contributed by atoms with van der Waals surface area (Å²) < 4.78 is 11.4. The number of nitrogens with zero attached hydrogens (tertiary/aromatic N) is 3. The Morgan fingerprint density at radius 1 is 1.13 bits per heavy atom. The lowest BCUT2D eigenvalue weighted by atomic mass is 9.96. The first-order valence-corrected chi connectivity index (χ1v) is 11.1. The van der Waals surface area contributed by atoms with Gasteiger partial charge >= 0.3 is 0 Å². The number of aromatic nitrogens is 2. The number of β-amino-alcohol motifs (C(OH)–C–C–N with tert-alkyl or cyclic N) is 1. The van der Waals surface area contributed by atoms with Gasteiger partial charge in [0.25, 0.3) is 0 Å². The number of piperidine rings is 1. The highest BCUT2D eigenvalue weighted by atomic mass is 16.5. The zero-order chi connectivity index (χ0) is 20.8. The van der Waals surface area contributed by atoms with Crippen LogP contribution in [0.2, 0.25) is 0 Å². The Bertz CT molecular complexity index is 769. The van der Waals surface area contributed by atoms with Crippen molar-refractivity contribution in [1.29, 1.82) is 0 Å². The highest BCUT2D eigenvalue weighted by Gasteiger charge is 2.22. The highest BCUT2D eigenvalue weighted by molar-refractivity contribution is 5.43. The van der Waals surface area contributed by atoms with Crippen molar-refractivity contribution in [3.05, 3.63) is 42.0 Å². The number of hydrogen-bond donors (Lipinski definition) is 2. The van der Waals surface area contributed by atoms with E-state index in [9.17, 15) is 5.11 Å². The molecule has 7 nitrogen and oxygen atoms in total. The van der Waals surface area contributed by atoms with E-state index in [0.29, 0.717) is 24.0 Å². The zero-order valence-corrected chi connectivity index (χ0v) is 17.9. The summed E-state index contributed by atoms with van der Waals surface area (Å²) in [6.07, 6.45) is 7.94. The van der Waals surface area contributed by atoms with E-state index in [4.69, 9.17) is 9.47 Å². The fraction of sp³-hybridized carbons (Fsp3) is 0.609. The molecule has 1 aromatic heterocycles. The Morgan fingerprint density at radius 2 is 1.93 bits per heavy atom. The van der Waals surface area contributed by atoms with Crippen molar-refractivity contribution in [2.24, 2.45) is 0 Å². The third-order valence-electron chi connectivity index (χ3n) is 6.23. The van der Waals surface area contributed by atoms with Gasteiger partial charge in [-0.3, -0.25) is 4.90 Å². The molecule has 0 bridgehead atoms. The van der Waals surface area contributed by atoms with Crippen molar-refractivity contribution in [2.75, 3.05) is 46.4 Å². The van der Waals surface area contributed by atoms with Gasteiger partial charge in [-0.15, -0.1) is 0 Å². The molecule has 2 N–H and O–H groups in total. The van der Waals surface area contributed by atoms with Crippen LogP contribution in [0.5, 0.6) is 11.5 Å². The number of aliphatic hydroxyl groups excluding tert-OH is 1. The molecule has 3 heterocycles. The first kappa shape index (κ1) is 21.2. The molecule has 2 aliphatic heterocycles. The molecule has 2 fully saturated rings. The van der Waals surface area contributed by atoms with Gasteiger partial charge in [0, 0.05) is 31.4 Å². The minimum absolute atomic E-state index is 0.283. The van der Waals surface area contributed by atoms with Gasteiger partial charge in [0.2, 0.25) is 0 Å². The van der Waals surface area contributed by atoms with Crippen LogP contribution in [0.15, 0.2) is 30.6 Å². The van der Waals surface area contributed by atoms with E-state index in [2.05, 4.69) is 31.9 Å². The molecule has 2 aromatic rings. The number of rotatable bonds is 9. The molecule has 0 spiro atoms. The Kier molecular flexibility index (Phi) is 7.25. The van der Waals surface area contributed by atoms with Crippen LogP contribution in [-0.4, -0.2) is 77.4 Å². The maximum atomic E-state index is 10.3. The molecule has 1 atom stereocenters. The maximum Gasteiger partial charge on any atom is 0.161 e. The SMILES string of the molecule is COc1ccc(CN2CCC(c3ncc[nH]3)CC2)cc1OCC(O)CN1CCCC1. The minimum atomic E-state index is -0.489. The molecule has 7 heteroatoms. The van der Waals surface area contributed by atoms with Crippen molar-refractivity contribution >= 4 is 0 Å². The van der Waals surface area contributed by atoms with Crippen LogP contribution in [0, 0.1) is 0 Å². The predicted octanol–water partition coefficient (Wildman–Crippen LogP) is 2.63. The number of ether oxygens (including phenoxy) is 2. The topological polar surface area (TPSA) is 73.8 Å². The molecule has 0 saturated carbocycles. The molecule has 164 valence electrons. The number of benzene rings is 1. The van der Waals surface area contributed by atoms with E-state index in [1.807, 2.05) is 18.5 Å². The van der Waals surface area contributed by atoms with Crippen LogP contribution in [0.25, 0.3) is 0 Å². The summed E-state index contributed by atoms with van der Waals surface area (Å²) in [4.78, 5) is 12.5. The van der Waals surface area contributed by atoms with Crippen LogP contribution in [0.3, 0.4) is 0 Å². The summed E-state index contributed by atoms with van der Waals surface area (Å²) in [7, 11) is 1.65. The first-order chi connectivity index (χ1) is 14.7. The average Bonchev–Trinajstić information content (AvgIpc) is 3.47. The molecule has 1 aromatic carbocycles. The molecule has 2 aliphatic rings. The van der Waals surface area contributed by atoms with Gasteiger partial charge in [-0.2, -0.15) is 0 Å². The van der Waals surface area contributed by atoms with Crippen LogP contribution in [0.1, 0.15) is 43.0 Å². The molecular weight excluding hydrogens is 380 g/mol. The molecule has 2 saturated heterocycles. The minimum Gasteiger partial charge on any atom is -0.493 e. The highest BCUT2D eigenvalue weighted by Crippen LogP contribution is 2.30. The van der Waals surface area contributed by atoms with Gasteiger partial charge in [-0.1, -0.05) is 6.07 Å². The molecule has 30 heavy (non-hydrogen) atoms. The third kappa shape index (κ3) is 5.53. The first-order valence-electron chi connectivity index (χ1n) is 11.1. The van der Waals surface area contributed by atoms with Crippen molar-refractivity contribution in [1.82, 2.24) is 19.8 Å². The van der Waals surface area contributed by atoms with Crippen molar-refractivity contribution in [3.63, 3.8) is 0 Å². The van der Waals surface area contributed by atoms with Crippen LogP contribution in [-0.2, 0) is 6.54 Å². The Morgan fingerprint density at radius 3 is 2.63 bits per heavy atom. The molecular formula is C23H34N4O3. The van der Waals surface area contributed by atoms with E-state index < -0.39 is 6.10 Å². The van der Waals surface area contributed by atoms with Gasteiger partial charge in [0.05, 0.1) is 7.11 Å². The summed E-state index contributed by atoms with van der Waals surface area (Å²) in [5.41, 5.74) is 1.20. The number of methoxy groups -OCH3 is 1. The van der Waals surface area contributed by atoms with Gasteiger partial charge in [0.15, 0.2) is 11.5 Å². The largest absolute Gasteiger partial charge is 0.493 e. The Hall–Kier alpha value is -2.09. The number of likely N-dealkylation sites (tertiary alicyclic amines) is 2. The standard InChI is InChI=1S/C23H34N4O3/c1-29-21-5-4-18(14-22(21)30-17-20(28)16-26-10-2-3-11-26)15-27-12-6-19(7-13-27)23-24-8-9-25-23/h4-5,8-9,14,19-20,28H,2-3,6-7,10-13,15-17H2,1H3,(H,24,25). The lowest BCUT2D eigenvalue weighted by molar-refractivity contribution is 0.0746. The number of imidazole rings is 1. The number of hydrogen-bond acceptors (Lipinski definition) is 6. The summed E-state index contributed by atoms with van der Waals surface area (Å²) in [6, 6.07) is 6.12. The second kappa shape index (κ2) is 10.3. The normalized spacial score (nSPS) is 19.8. The Balaban J connectivity index is 1.29. The zero-order valence-electron chi connectivity index (χ0n) is 17.9. The summed E-state index contributed by atoms with van der Waals surface area (Å²) in [6.45, 7) is 6.11. The van der Waals surface area contributed by atoms with Crippen molar-refractivity contribution < 1.29 is 14.6 Å². The number of nitrogens with one attached hydrogen (secondary N) is 1. The number of H-pyrrole nitrogens is 1. The van der Waals surface area contributed by atoms with Gasteiger partial charge in [-0.25, -0.2) is 4.98 Å². The Labute approximate surface area is 179 Å². The molecule has 4 rings (SSSR count). The molecule has 1 unspecified atom stereocenters. The van der Waals surface area contributed by atoms with E-state index in [0.717, 1.165) is 51.4 Å². The number of aliphatic hydroxyl groups is 1. The van der Waals surface area contributed by atoms with Gasteiger partial charge in [0.1, 0.15) is 18.5 Å². The molecule has 0 amide bonds. The van der Waals surface area contributed by atoms with E-state index >= 15 is 0 Å². The quantitative estimate of drug-likeness (QED) is 0.657. The fourth-order valence-corrected chi connectivity index (χ4v) is 4.56. The van der Waals surface area contributed by atoms with Gasteiger partial charge in [-0.05, 0) is 69.6 Å². The lowest BCUT2D eigenvalue weighted by Crippen LogP contribution is -2.33. The third-order valence-corrected chi connectivity index (χ3v) is 6.23. The molecule has 0 radical (unpaired) electrons. The average molecular weight is 415 g/mol. The summed E-state index contributed by atoms with van der Waals surface area (Å²) in [5.74, 6) is 3.06.